The van der Waals surface area contributed by atoms with Gasteiger partial charge in [0.05, 0.1) is 17.7 Å². The lowest BCUT2D eigenvalue weighted by Crippen LogP contribution is -2.28. The number of carbonyl (C=O) groups is 1. The van der Waals surface area contributed by atoms with Gasteiger partial charge >= 0.3 is 0 Å². The largest absolute Gasteiger partial charge is 0.472 e. The van der Waals surface area contributed by atoms with Gasteiger partial charge in [-0.15, -0.1) is 0 Å². The van der Waals surface area contributed by atoms with E-state index in [-0.39, 0.29) is 11.8 Å². The fraction of sp³-hybridized carbons (Fsp3) is 0.235. The summed E-state index contributed by atoms with van der Waals surface area (Å²) in [5.74, 6) is 1.23. The number of furan rings is 1. The average molecular weight is 309 g/mol. The summed E-state index contributed by atoms with van der Waals surface area (Å²) >= 11 is 0. The van der Waals surface area contributed by atoms with E-state index < -0.39 is 0 Å². The first-order valence-electron chi connectivity index (χ1n) is 7.52. The number of likely N-dealkylation sites (tertiary alicyclic amines) is 1. The Morgan fingerprint density at radius 1 is 1.22 bits per heavy atom. The second-order valence-corrected chi connectivity index (χ2v) is 5.57. The van der Waals surface area contributed by atoms with Crippen LogP contribution in [-0.4, -0.2) is 34.0 Å². The van der Waals surface area contributed by atoms with E-state index >= 15 is 0 Å². The first kappa shape index (κ1) is 13.8. The molecule has 1 fully saturated rings. The molecule has 1 unspecified atom stereocenters. The molecular formula is C17H15N3O3. The lowest BCUT2D eigenvalue weighted by atomic mass is 10.1. The van der Waals surface area contributed by atoms with E-state index in [1.165, 1.54) is 12.5 Å². The number of nitrogens with zero attached hydrogens (tertiary/aromatic N) is 3. The minimum absolute atomic E-state index is 0.0240. The third-order valence-corrected chi connectivity index (χ3v) is 4.07. The molecule has 1 aromatic carbocycles. The number of aromatic nitrogens is 2. The molecule has 0 aliphatic carbocycles. The van der Waals surface area contributed by atoms with Crippen molar-refractivity contribution in [3.8, 4) is 11.4 Å². The van der Waals surface area contributed by atoms with Crippen molar-refractivity contribution in [3.63, 3.8) is 0 Å². The van der Waals surface area contributed by atoms with Gasteiger partial charge in [0.15, 0.2) is 0 Å². The highest BCUT2D eigenvalue weighted by molar-refractivity contribution is 5.94. The molecular weight excluding hydrogens is 294 g/mol. The summed E-state index contributed by atoms with van der Waals surface area (Å²) in [7, 11) is 0. The number of amides is 1. The molecule has 116 valence electrons. The van der Waals surface area contributed by atoms with Crippen molar-refractivity contribution in [2.45, 2.75) is 12.3 Å². The highest BCUT2D eigenvalue weighted by Gasteiger charge is 2.31. The third-order valence-electron chi connectivity index (χ3n) is 4.07. The fourth-order valence-electron chi connectivity index (χ4n) is 2.82. The maximum atomic E-state index is 12.3. The smallest absolute Gasteiger partial charge is 0.257 e. The van der Waals surface area contributed by atoms with Crippen LogP contribution < -0.4 is 0 Å². The van der Waals surface area contributed by atoms with Crippen molar-refractivity contribution < 1.29 is 13.7 Å². The van der Waals surface area contributed by atoms with Gasteiger partial charge in [0.1, 0.15) is 6.26 Å². The maximum Gasteiger partial charge on any atom is 0.257 e. The number of hydrogen-bond acceptors (Lipinski definition) is 5. The summed E-state index contributed by atoms with van der Waals surface area (Å²) in [5, 5.41) is 4.05. The Balaban J connectivity index is 1.48. The summed E-state index contributed by atoms with van der Waals surface area (Å²) in [6, 6.07) is 11.4. The molecule has 1 atom stereocenters. The van der Waals surface area contributed by atoms with Crippen molar-refractivity contribution in [1.29, 1.82) is 0 Å². The highest BCUT2D eigenvalue weighted by atomic mass is 16.5. The Morgan fingerprint density at radius 3 is 2.87 bits per heavy atom. The number of carbonyl (C=O) groups excluding carboxylic acids is 1. The molecule has 0 bridgehead atoms. The van der Waals surface area contributed by atoms with Gasteiger partial charge in [-0.25, -0.2) is 0 Å². The Morgan fingerprint density at radius 2 is 2.09 bits per heavy atom. The maximum absolute atomic E-state index is 12.3. The monoisotopic (exact) mass is 309 g/mol. The van der Waals surface area contributed by atoms with Gasteiger partial charge in [-0.05, 0) is 12.5 Å². The summed E-state index contributed by atoms with van der Waals surface area (Å²) in [5.41, 5.74) is 1.49. The van der Waals surface area contributed by atoms with E-state index in [1.807, 2.05) is 30.3 Å². The Kier molecular flexibility index (Phi) is 3.42. The fourth-order valence-corrected chi connectivity index (χ4v) is 2.82. The minimum Gasteiger partial charge on any atom is -0.472 e. The summed E-state index contributed by atoms with van der Waals surface area (Å²) in [6.45, 7) is 1.26. The van der Waals surface area contributed by atoms with Crippen LogP contribution in [0.4, 0.5) is 0 Å². The van der Waals surface area contributed by atoms with Crippen LogP contribution in [0.1, 0.15) is 28.6 Å². The van der Waals surface area contributed by atoms with Crippen LogP contribution >= 0.6 is 0 Å². The van der Waals surface area contributed by atoms with E-state index in [0.29, 0.717) is 30.4 Å². The third kappa shape index (κ3) is 2.63. The van der Waals surface area contributed by atoms with Crippen LogP contribution in [0.5, 0.6) is 0 Å². The Labute approximate surface area is 132 Å². The molecule has 6 nitrogen and oxygen atoms in total. The standard InChI is InChI=1S/C17H15N3O3/c21-17(14-7-9-22-11-14)20-8-6-13(10-20)16-18-15(19-23-16)12-4-2-1-3-5-12/h1-5,7,9,11,13H,6,8,10H2. The van der Waals surface area contributed by atoms with E-state index in [4.69, 9.17) is 8.94 Å². The van der Waals surface area contributed by atoms with Crippen molar-refractivity contribution in [2.75, 3.05) is 13.1 Å². The molecule has 23 heavy (non-hydrogen) atoms. The molecule has 4 rings (SSSR count). The van der Waals surface area contributed by atoms with Gasteiger partial charge in [0, 0.05) is 18.7 Å². The van der Waals surface area contributed by atoms with Crippen molar-refractivity contribution >= 4 is 5.91 Å². The summed E-state index contributed by atoms with van der Waals surface area (Å²) in [4.78, 5) is 18.6. The number of hydrogen-bond donors (Lipinski definition) is 0. The predicted molar refractivity (Wildman–Crippen MR) is 81.7 cm³/mol. The molecule has 1 aliphatic rings. The molecule has 0 N–H and O–H groups in total. The van der Waals surface area contributed by atoms with E-state index in [0.717, 1.165) is 12.0 Å². The predicted octanol–water partition coefficient (Wildman–Crippen LogP) is 2.96. The lowest BCUT2D eigenvalue weighted by molar-refractivity contribution is 0.0789. The van der Waals surface area contributed by atoms with E-state index in [2.05, 4.69) is 10.1 Å². The van der Waals surface area contributed by atoms with Crippen molar-refractivity contribution in [3.05, 3.63) is 60.4 Å². The Hall–Kier alpha value is -2.89. The van der Waals surface area contributed by atoms with E-state index in [1.54, 1.807) is 11.0 Å². The number of rotatable bonds is 3. The van der Waals surface area contributed by atoms with Crippen LogP contribution in [-0.2, 0) is 0 Å². The molecule has 2 aromatic heterocycles. The van der Waals surface area contributed by atoms with Crippen LogP contribution in [0.15, 0.2) is 57.9 Å². The van der Waals surface area contributed by atoms with Gasteiger partial charge in [-0.2, -0.15) is 4.98 Å². The minimum atomic E-state index is -0.0240. The first-order valence-corrected chi connectivity index (χ1v) is 7.52. The van der Waals surface area contributed by atoms with Gasteiger partial charge < -0.3 is 13.8 Å². The second kappa shape index (κ2) is 5.72. The van der Waals surface area contributed by atoms with Crippen LogP contribution in [0.3, 0.4) is 0 Å². The van der Waals surface area contributed by atoms with Gasteiger partial charge in [0.2, 0.25) is 11.7 Å². The molecule has 6 heteroatoms. The normalized spacial score (nSPS) is 17.6. The second-order valence-electron chi connectivity index (χ2n) is 5.57. The van der Waals surface area contributed by atoms with Gasteiger partial charge in [-0.3, -0.25) is 4.79 Å². The van der Waals surface area contributed by atoms with Gasteiger partial charge in [0.25, 0.3) is 5.91 Å². The molecule has 3 aromatic rings. The van der Waals surface area contributed by atoms with E-state index in [9.17, 15) is 4.79 Å². The van der Waals surface area contributed by atoms with Crippen molar-refractivity contribution in [1.82, 2.24) is 15.0 Å². The SMILES string of the molecule is O=C(c1ccoc1)N1CCC(c2nc(-c3ccccc3)no2)C1. The van der Waals surface area contributed by atoms with Crippen LogP contribution in [0, 0.1) is 0 Å². The topological polar surface area (TPSA) is 72.4 Å². The quantitative estimate of drug-likeness (QED) is 0.743. The zero-order valence-corrected chi connectivity index (χ0v) is 12.4. The van der Waals surface area contributed by atoms with Gasteiger partial charge in [-0.1, -0.05) is 35.5 Å². The molecule has 1 aliphatic heterocycles. The summed E-state index contributed by atoms with van der Waals surface area (Å²) < 4.78 is 10.4. The molecule has 1 amide bonds. The Bertz CT molecular complexity index is 796. The van der Waals surface area contributed by atoms with Crippen molar-refractivity contribution in [2.24, 2.45) is 0 Å². The molecule has 1 saturated heterocycles. The zero-order valence-electron chi connectivity index (χ0n) is 12.4. The average Bonchev–Trinajstić information content (AvgIpc) is 3.35. The lowest BCUT2D eigenvalue weighted by Gasteiger charge is -2.14. The molecule has 0 spiro atoms. The molecule has 0 saturated carbocycles. The highest BCUT2D eigenvalue weighted by Crippen LogP contribution is 2.28. The molecule has 3 heterocycles. The zero-order chi connectivity index (χ0) is 15.6. The first-order chi connectivity index (χ1) is 11.3. The molecule has 0 radical (unpaired) electrons. The van der Waals surface area contributed by atoms with Crippen LogP contribution in [0.2, 0.25) is 0 Å². The number of benzene rings is 1. The van der Waals surface area contributed by atoms with Crippen LogP contribution in [0.25, 0.3) is 11.4 Å². The summed E-state index contributed by atoms with van der Waals surface area (Å²) in [6.07, 6.45) is 3.79.